The van der Waals surface area contributed by atoms with E-state index in [0.29, 0.717) is 0 Å². The first-order valence-electron chi connectivity index (χ1n) is 3.74. The fraction of sp³-hybridized carbons (Fsp3) is 0.111. The molecular weight excluding hydrogens is 211 g/mol. The lowest BCUT2D eigenvalue weighted by atomic mass is 10.2. The van der Waals surface area contributed by atoms with Gasteiger partial charge in [-0.25, -0.2) is 18.2 Å². The van der Waals surface area contributed by atoms with Gasteiger partial charge in [0.1, 0.15) is 5.69 Å². The molecule has 2 rings (SSSR count). The van der Waals surface area contributed by atoms with Gasteiger partial charge in [0.05, 0.1) is 4.90 Å². The quantitative estimate of drug-likeness (QED) is 0.604. The minimum atomic E-state index is -1.15. The van der Waals surface area contributed by atoms with Gasteiger partial charge in [0, 0.05) is 11.0 Å². The average molecular weight is 215 g/mol. The lowest BCUT2D eigenvalue weighted by Crippen LogP contribution is -1.98. The van der Waals surface area contributed by atoms with E-state index >= 15 is 0 Å². The minimum Gasteiger partial charge on any atom is -0.204 e. The molecule has 1 aromatic carbocycles. The van der Waals surface area contributed by atoms with Crippen LogP contribution in [0.15, 0.2) is 15.3 Å². The topological polar surface area (TPSA) is 12.4 Å². The molecule has 0 saturated carbocycles. The molecule has 1 aliphatic rings. The summed E-state index contributed by atoms with van der Waals surface area (Å²) < 4.78 is 39.7. The number of thioether (sulfide) groups is 1. The van der Waals surface area contributed by atoms with Gasteiger partial charge in [0.15, 0.2) is 17.5 Å². The molecule has 0 spiro atoms. The summed E-state index contributed by atoms with van der Waals surface area (Å²) in [5, 5.41) is 1.35. The highest BCUT2D eigenvalue weighted by molar-refractivity contribution is 8.02. The minimum absolute atomic E-state index is 0.121. The van der Waals surface area contributed by atoms with E-state index in [1.165, 1.54) is 12.3 Å². The molecule has 0 fully saturated rings. The van der Waals surface area contributed by atoms with Crippen LogP contribution in [-0.4, -0.2) is 5.87 Å². The van der Waals surface area contributed by atoms with Crippen LogP contribution in [0, 0.1) is 24.4 Å². The van der Waals surface area contributed by atoms with Crippen LogP contribution in [0.5, 0.6) is 0 Å². The van der Waals surface area contributed by atoms with Crippen molar-refractivity contribution in [1.29, 1.82) is 0 Å². The van der Waals surface area contributed by atoms with Gasteiger partial charge in [-0.3, -0.25) is 0 Å². The van der Waals surface area contributed by atoms with Crippen LogP contribution in [0.4, 0.5) is 18.9 Å². The van der Waals surface area contributed by atoms with Crippen LogP contribution < -0.4 is 0 Å². The largest absolute Gasteiger partial charge is 0.204 e. The maximum absolute atomic E-state index is 13.4. The monoisotopic (exact) mass is 215 g/mol. The molecule has 14 heavy (non-hydrogen) atoms. The Morgan fingerprint density at radius 2 is 1.93 bits per heavy atom. The Hall–Kier alpha value is -1.19. The molecule has 0 radical (unpaired) electrons. The summed E-state index contributed by atoms with van der Waals surface area (Å²) in [6, 6.07) is 0. The number of fused-ring (bicyclic) bond motifs is 1. The summed E-state index contributed by atoms with van der Waals surface area (Å²) in [6.07, 6.45) is 0. The van der Waals surface area contributed by atoms with E-state index in [2.05, 4.69) is 10.9 Å². The van der Waals surface area contributed by atoms with Crippen molar-refractivity contribution < 1.29 is 13.2 Å². The summed E-state index contributed by atoms with van der Waals surface area (Å²) in [6.45, 7) is 1.17. The van der Waals surface area contributed by atoms with Crippen LogP contribution >= 0.6 is 11.8 Å². The Kier molecular flexibility index (Phi) is 2.13. The Morgan fingerprint density at radius 3 is 2.64 bits per heavy atom. The molecule has 1 heterocycles. The Bertz CT molecular complexity index is 476. The van der Waals surface area contributed by atoms with E-state index in [4.69, 9.17) is 0 Å². The van der Waals surface area contributed by atoms with Crippen molar-refractivity contribution in [3.05, 3.63) is 28.4 Å². The van der Waals surface area contributed by atoms with Gasteiger partial charge in [-0.1, -0.05) is 11.8 Å². The number of rotatable bonds is 0. The third-order valence-electron chi connectivity index (χ3n) is 1.88. The van der Waals surface area contributed by atoms with Crippen LogP contribution in [0.1, 0.15) is 5.56 Å². The molecule has 0 amide bonds. The second kappa shape index (κ2) is 3.19. The fourth-order valence-electron chi connectivity index (χ4n) is 1.13. The highest BCUT2D eigenvalue weighted by atomic mass is 32.2. The smallest absolute Gasteiger partial charge is 0.175 e. The molecule has 0 N–H and O–H groups in total. The third-order valence-corrected chi connectivity index (χ3v) is 2.71. The molecule has 0 unspecified atom stereocenters. The molecule has 0 aliphatic carbocycles. The second-order valence-electron chi connectivity index (χ2n) is 2.72. The molecule has 0 aromatic heterocycles. The van der Waals surface area contributed by atoms with Crippen molar-refractivity contribution in [2.45, 2.75) is 11.8 Å². The number of hydrogen-bond acceptors (Lipinski definition) is 2. The maximum Gasteiger partial charge on any atom is 0.175 e. The Balaban J connectivity index is 2.84. The number of hydrogen-bond donors (Lipinski definition) is 0. The van der Waals surface area contributed by atoms with Crippen molar-refractivity contribution in [2.24, 2.45) is 4.99 Å². The first-order valence-corrected chi connectivity index (χ1v) is 4.62. The summed E-state index contributed by atoms with van der Waals surface area (Å²) in [5.74, 6) is -0.641. The van der Waals surface area contributed by atoms with Crippen molar-refractivity contribution in [3.63, 3.8) is 0 Å². The van der Waals surface area contributed by atoms with Crippen LogP contribution in [0.2, 0.25) is 0 Å². The Labute approximate surface area is 82.3 Å². The molecule has 0 atom stereocenters. The maximum atomic E-state index is 13.4. The van der Waals surface area contributed by atoms with Gasteiger partial charge < -0.3 is 0 Å². The molecule has 1 aliphatic heterocycles. The summed E-state index contributed by atoms with van der Waals surface area (Å²) >= 11 is 0.867. The normalized spacial score (nSPS) is 13.1. The van der Waals surface area contributed by atoms with Gasteiger partial charge in [-0.05, 0) is 12.8 Å². The average Bonchev–Trinajstić information content (AvgIpc) is 2.23. The first kappa shape index (κ1) is 9.37. The number of aliphatic imine (C=N–C) groups is 1. The number of benzene rings is 1. The number of halogens is 3. The van der Waals surface area contributed by atoms with Gasteiger partial charge >= 0.3 is 0 Å². The van der Waals surface area contributed by atoms with Crippen molar-refractivity contribution in [2.75, 3.05) is 0 Å². The van der Waals surface area contributed by atoms with Crippen LogP contribution in [0.3, 0.4) is 0 Å². The molecule has 72 valence electrons. The Morgan fingerprint density at radius 1 is 1.21 bits per heavy atom. The van der Waals surface area contributed by atoms with E-state index in [1.54, 1.807) is 0 Å². The van der Waals surface area contributed by atoms with E-state index in [-0.39, 0.29) is 16.1 Å². The molecule has 0 bridgehead atoms. The highest BCUT2D eigenvalue weighted by Crippen LogP contribution is 2.39. The summed E-state index contributed by atoms with van der Waals surface area (Å²) in [5.41, 5.74) is -0.525. The molecule has 5 heteroatoms. The van der Waals surface area contributed by atoms with E-state index in [0.717, 1.165) is 11.8 Å². The molecule has 1 aromatic rings. The third kappa shape index (κ3) is 1.17. The number of nitrogens with zero attached hydrogens (tertiary/aromatic N) is 1. The van der Waals surface area contributed by atoms with Gasteiger partial charge in [-0.15, -0.1) is 0 Å². The SMILES string of the molecule is Cc1c(F)c(F)c2c(c1F)N=C=CS2. The predicted octanol–water partition coefficient (Wildman–Crippen LogP) is 3.33. The molecule has 1 nitrogen and oxygen atoms in total. The molecule has 0 saturated heterocycles. The molecular formula is C9H4F3NS. The zero-order valence-corrected chi connectivity index (χ0v) is 7.88. The van der Waals surface area contributed by atoms with Gasteiger partial charge in [0.2, 0.25) is 0 Å². The second-order valence-corrected chi connectivity index (χ2v) is 3.60. The zero-order valence-electron chi connectivity index (χ0n) is 7.07. The lowest BCUT2D eigenvalue weighted by Gasteiger charge is -2.10. The van der Waals surface area contributed by atoms with Crippen LogP contribution in [0.25, 0.3) is 0 Å². The van der Waals surface area contributed by atoms with Crippen molar-refractivity contribution in [3.8, 4) is 0 Å². The van der Waals surface area contributed by atoms with Gasteiger partial charge in [-0.2, -0.15) is 0 Å². The van der Waals surface area contributed by atoms with Crippen molar-refractivity contribution in [1.82, 2.24) is 0 Å². The lowest BCUT2D eigenvalue weighted by molar-refractivity contribution is 0.470. The standard InChI is InChI=1S/C9H4F3NS/c1-4-5(10)7(12)9-8(6(4)11)13-2-3-14-9/h3H,1H3. The van der Waals surface area contributed by atoms with Crippen molar-refractivity contribution >= 4 is 23.3 Å². The fourth-order valence-corrected chi connectivity index (χ4v) is 1.79. The van der Waals surface area contributed by atoms with E-state index in [9.17, 15) is 13.2 Å². The predicted molar refractivity (Wildman–Crippen MR) is 48.6 cm³/mol. The summed E-state index contributed by atoms with van der Waals surface area (Å²) in [4.78, 5) is 3.43. The summed E-state index contributed by atoms with van der Waals surface area (Å²) in [7, 11) is 0. The first-order chi connectivity index (χ1) is 6.63. The van der Waals surface area contributed by atoms with Crippen LogP contribution in [-0.2, 0) is 0 Å². The van der Waals surface area contributed by atoms with E-state index in [1.807, 2.05) is 0 Å². The van der Waals surface area contributed by atoms with Gasteiger partial charge in [0.25, 0.3) is 0 Å². The highest BCUT2D eigenvalue weighted by Gasteiger charge is 2.23. The zero-order chi connectivity index (χ0) is 10.3. The van der Waals surface area contributed by atoms with E-state index < -0.39 is 17.5 Å².